The standard InChI is InChI=1S/C21H21N3O/c1-4-21(2,3)19-16(15-8-5-6-9-17(15)23-19)12-14-13-24-11-7-10-18(24)20(25)22-14/h4-11,23H,1,12-13H2,2-3H3. The lowest BCUT2D eigenvalue weighted by atomic mass is 9.85. The lowest BCUT2D eigenvalue weighted by Crippen LogP contribution is -2.24. The Bertz CT molecular complexity index is 1020. The van der Waals surface area contributed by atoms with Gasteiger partial charge in [0.15, 0.2) is 0 Å². The topological polar surface area (TPSA) is 50.1 Å². The van der Waals surface area contributed by atoms with Crippen LogP contribution in [0.15, 0.2) is 60.2 Å². The summed E-state index contributed by atoms with van der Waals surface area (Å²) in [5, 5.41) is 1.18. The van der Waals surface area contributed by atoms with Crippen LogP contribution < -0.4 is 0 Å². The second-order valence-corrected chi connectivity index (χ2v) is 7.13. The first-order valence-electron chi connectivity index (χ1n) is 8.49. The van der Waals surface area contributed by atoms with Gasteiger partial charge < -0.3 is 9.55 Å². The largest absolute Gasteiger partial charge is 0.357 e. The second-order valence-electron chi connectivity index (χ2n) is 7.13. The van der Waals surface area contributed by atoms with Gasteiger partial charge in [0.25, 0.3) is 5.91 Å². The third-order valence-corrected chi connectivity index (χ3v) is 5.01. The molecule has 0 saturated carbocycles. The van der Waals surface area contributed by atoms with Crippen molar-refractivity contribution in [2.45, 2.75) is 32.2 Å². The molecule has 0 fully saturated rings. The summed E-state index contributed by atoms with van der Waals surface area (Å²) >= 11 is 0. The molecule has 4 heteroatoms. The molecule has 1 aromatic carbocycles. The van der Waals surface area contributed by atoms with Gasteiger partial charge in [0, 0.05) is 40.3 Å². The van der Waals surface area contributed by atoms with Gasteiger partial charge >= 0.3 is 0 Å². The van der Waals surface area contributed by atoms with Gasteiger partial charge in [0.1, 0.15) is 5.69 Å². The molecule has 1 N–H and O–H groups in total. The van der Waals surface area contributed by atoms with Crippen LogP contribution in [0.2, 0.25) is 0 Å². The van der Waals surface area contributed by atoms with E-state index in [0.717, 1.165) is 16.9 Å². The molecule has 2 aromatic heterocycles. The molecular weight excluding hydrogens is 310 g/mol. The zero-order valence-electron chi connectivity index (χ0n) is 14.5. The first-order valence-corrected chi connectivity index (χ1v) is 8.49. The van der Waals surface area contributed by atoms with E-state index in [-0.39, 0.29) is 11.3 Å². The molecule has 126 valence electrons. The first kappa shape index (κ1) is 15.6. The van der Waals surface area contributed by atoms with E-state index < -0.39 is 0 Å². The zero-order chi connectivity index (χ0) is 17.6. The SMILES string of the molecule is C=CC(C)(C)c1[nH]c2ccccc2c1CC1=NC(=O)c2cccn2C1. The lowest BCUT2D eigenvalue weighted by Gasteiger charge is -2.22. The maximum atomic E-state index is 12.3. The molecular formula is C21H21N3O. The Morgan fingerprint density at radius 3 is 2.88 bits per heavy atom. The zero-order valence-corrected chi connectivity index (χ0v) is 14.5. The number of rotatable bonds is 4. The monoisotopic (exact) mass is 331 g/mol. The van der Waals surface area contributed by atoms with Crippen LogP contribution in [0.3, 0.4) is 0 Å². The van der Waals surface area contributed by atoms with Crippen molar-refractivity contribution >= 4 is 22.5 Å². The molecule has 0 aliphatic carbocycles. The quantitative estimate of drug-likeness (QED) is 0.713. The predicted octanol–water partition coefficient (Wildman–Crippen LogP) is 4.27. The highest BCUT2D eigenvalue weighted by molar-refractivity contribution is 6.07. The summed E-state index contributed by atoms with van der Waals surface area (Å²) < 4.78 is 1.97. The van der Waals surface area contributed by atoms with Crippen molar-refractivity contribution in [1.82, 2.24) is 9.55 Å². The number of hydrogen-bond donors (Lipinski definition) is 1. The van der Waals surface area contributed by atoms with Crippen molar-refractivity contribution in [3.63, 3.8) is 0 Å². The van der Waals surface area contributed by atoms with Gasteiger partial charge in [-0.1, -0.05) is 38.1 Å². The van der Waals surface area contributed by atoms with Crippen molar-refractivity contribution in [2.75, 3.05) is 0 Å². The molecule has 3 heterocycles. The number of aromatic nitrogens is 2. The van der Waals surface area contributed by atoms with Crippen molar-refractivity contribution in [3.05, 3.63) is 72.2 Å². The third-order valence-electron chi connectivity index (χ3n) is 5.01. The molecule has 1 aliphatic heterocycles. The van der Waals surface area contributed by atoms with Crippen LogP contribution in [0.25, 0.3) is 10.9 Å². The molecule has 0 unspecified atom stereocenters. The predicted molar refractivity (Wildman–Crippen MR) is 101 cm³/mol. The molecule has 0 bridgehead atoms. The van der Waals surface area contributed by atoms with E-state index in [1.807, 2.05) is 41.1 Å². The molecule has 25 heavy (non-hydrogen) atoms. The van der Waals surface area contributed by atoms with Gasteiger partial charge in [0.2, 0.25) is 0 Å². The van der Waals surface area contributed by atoms with Crippen LogP contribution >= 0.6 is 0 Å². The number of carbonyl (C=O) groups is 1. The summed E-state index contributed by atoms with van der Waals surface area (Å²) in [4.78, 5) is 20.2. The molecule has 0 spiro atoms. The Morgan fingerprint density at radius 1 is 1.28 bits per heavy atom. The number of benzene rings is 1. The number of H-pyrrole nitrogens is 1. The number of hydrogen-bond acceptors (Lipinski definition) is 1. The van der Waals surface area contributed by atoms with Crippen LogP contribution in [0.5, 0.6) is 0 Å². The molecule has 0 radical (unpaired) electrons. The van der Waals surface area contributed by atoms with Gasteiger partial charge in [-0.05, 0) is 23.8 Å². The molecule has 3 aromatic rings. The second kappa shape index (κ2) is 5.59. The number of para-hydroxylation sites is 1. The van der Waals surface area contributed by atoms with Crippen molar-refractivity contribution in [1.29, 1.82) is 0 Å². The van der Waals surface area contributed by atoms with Crippen LogP contribution in [-0.4, -0.2) is 21.2 Å². The minimum atomic E-state index is -0.188. The van der Waals surface area contributed by atoms with Gasteiger partial charge in [0.05, 0.1) is 6.54 Å². The van der Waals surface area contributed by atoms with Crippen LogP contribution in [0.4, 0.5) is 0 Å². The van der Waals surface area contributed by atoms with Crippen molar-refractivity contribution in [3.8, 4) is 0 Å². The van der Waals surface area contributed by atoms with Gasteiger partial charge in [-0.2, -0.15) is 0 Å². The number of allylic oxidation sites excluding steroid dienone is 1. The number of fused-ring (bicyclic) bond motifs is 2. The fraction of sp³-hybridized carbons (Fsp3) is 0.238. The van der Waals surface area contributed by atoms with Gasteiger partial charge in [-0.3, -0.25) is 4.79 Å². The number of nitrogens with zero attached hydrogens (tertiary/aromatic N) is 2. The maximum absolute atomic E-state index is 12.3. The van der Waals surface area contributed by atoms with Gasteiger partial charge in [-0.15, -0.1) is 6.58 Å². The smallest absolute Gasteiger partial charge is 0.293 e. The number of aliphatic imine (C=N–C) groups is 1. The minimum absolute atomic E-state index is 0.157. The molecule has 1 amide bonds. The lowest BCUT2D eigenvalue weighted by molar-refractivity contribution is 0.0990. The molecule has 0 saturated heterocycles. The first-order chi connectivity index (χ1) is 12.0. The fourth-order valence-electron chi connectivity index (χ4n) is 3.51. The Morgan fingerprint density at radius 2 is 2.08 bits per heavy atom. The fourth-order valence-corrected chi connectivity index (χ4v) is 3.51. The van der Waals surface area contributed by atoms with E-state index in [2.05, 4.69) is 42.5 Å². The summed E-state index contributed by atoms with van der Waals surface area (Å²) in [6.07, 6.45) is 4.55. The molecule has 4 rings (SSSR count). The Balaban J connectivity index is 1.80. The highest BCUT2D eigenvalue weighted by Gasteiger charge is 2.26. The van der Waals surface area contributed by atoms with Crippen molar-refractivity contribution < 1.29 is 4.79 Å². The minimum Gasteiger partial charge on any atom is -0.357 e. The van der Waals surface area contributed by atoms with Gasteiger partial charge in [-0.25, -0.2) is 4.99 Å². The number of carbonyl (C=O) groups excluding carboxylic acids is 1. The van der Waals surface area contributed by atoms with E-state index in [9.17, 15) is 4.79 Å². The summed E-state index contributed by atoms with van der Waals surface area (Å²) in [6, 6.07) is 12.0. The average molecular weight is 331 g/mol. The van der Waals surface area contributed by atoms with Crippen LogP contribution in [-0.2, 0) is 18.4 Å². The maximum Gasteiger partial charge on any atom is 0.293 e. The summed E-state index contributed by atoms with van der Waals surface area (Å²) in [5.74, 6) is -0.157. The third kappa shape index (κ3) is 2.54. The summed E-state index contributed by atoms with van der Waals surface area (Å²) in [6.45, 7) is 8.94. The van der Waals surface area contributed by atoms with E-state index in [4.69, 9.17) is 0 Å². The van der Waals surface area contributed by atoms with E-state index in [1.54, 1.807) is 0 Å². The van der Waals surface area contributed by atoms with Crippen molar-refractivity contribution in [2.24, 2.45) is 4.99 Å². The van der Waals surface area contributed by atoms with E-state index in [1.165, 1.54) is 10.9 Å². The number of amides is 1. The molecule has 1 aliphatic rings. The normalized spacial score (nSPS) is 14.5. The Kier molecular flexibility index (Phi) is 3.49. The Hall–Kier alpha value is -2.88. The van der Waals surface area contributed by atoms with Crippen LogP contribution in [0, 0.1) is 0 Å². The summed E-state index contributed by atoms with van der Waals surface area (Å²) in [7, 11) is 0. The summed E-state index contributed by atoms with van der Waals surface area (Å²) in [5.41, 5.74) is 4.80. The average Bonchev–Trinajstić information content (AvgIpc) is 3.21. The highest BCUT2D eigenvalue weighted by Crippen LogP contribution is 2.33. The number of aromatic amines is 1. The van der Waals surface area contributed by atoms with Crippen LogP contribution in [0.1, 0.15) is 35.6 Å². The molecule has 4 nitrogen and oxygen atoms in total. The van der Waals surface area contributed by atoms with E-state index in [0.29, 0.717) is 18.7 Å². The Labute approximate surface area is 146 Å². The van der Waals surface area contributed by atoms with E-state index >= 15 is 0 Å². The highest BCUT2D eigenvalue weighted by atomic mass is 16.1. The molecule has 0 atom stereocenters. The number of nitrogens with one attached hydrogen (secondary N) is 1.